The van der Waals surface area contributed by atoms with Crippen molar-refractivity contribution in [3.05, 3.63) is 60.7 Å². The number of esters is 1. The van der Waals surface area contributed by atoms with Crippen molar-refractivity contribution < 1.29 is 19.4 Å². The Morgan fingerprint density at radius 2 is 1.05 bits per heavy atom. The van der Waals surface area contributed by atoms with Crippen molar-refractivity contribution in [2.24, 2.45) is 44.1 Å². The first-order valence-corrected chi connectivity index (χ1v) is 25.6. The fourth-order valence-electron chi connectivity index (χ4n) is 3.55. The highest BCUT2D eigenvalue weighted by molar-refractivity contribution is 7.80. The molecule has 0 heterocycles. The van der Waals surface area contributed by atoms with E-state index in [-0.39, 0.29) is 24.1 Å². The van der Waals surface area contributed by atoms with Crippen LogP contribution < -0.4 is 5.73 Å². The number of rotatable bonds is 11. The molecule has 0 amide bonds. The van der Waals surface area contributed by atoms with Gasteiger partial charge in [0.1, 0.15) is 0 Å². The predicted molar refractivity (Wildman–Crippen MR) is 302 cm³/mol. The van der Waals surface area contributed by atoms with Gasteiger partial charge < -0.3 is 20.3 Å². The summed E-state index contributed by atoms with van der Waals surface area (Å²) in [5.41, 5.74) is 9.81. The van der Waals surface area contributed by atoms with Crippen molar-refractivity contribution in [3.63, 3.8) is 0 Å². The number of benzene rings is 1. The Hall–Kier alpha value is -1.60. The molecule has 0 bridgehead atoms. The van der Waals surface area contributed by atoms with Crippen LogP contribution in [0.1, 0.15) is 237 Å². The minimum atomic E-state index is -0.283. The third-order valence-electron chi connectivity index (χ3n) is 8.86. The van der Waals surface area contributed by atoms with E-state index >= 15 is 0 Å². The number of thiol groups is 1. The molecule has 0 aliphatic rings. The molecule has 0 saturated carbocycles. The summed E-state index contributed by atoms with van der Waals surface area (Å²) in [7, 11) is 0. The van der Waals surface area contributed by atoms with Crippen LogP contribution in [-0.4, -0.2) is 49.3 Å². The maximum absolute atomic E-state index is 10.9. The highest BCUT2D eigenvalue weighted by Gasteiger charge is 2.20. The molecule has 6 heteroatoms. The third kappa shape index (κ3) is 89.6. The molecule has 392 valence electrons. The van der Waals surface area contributed by atoms with Crippen LogP contribution in [0.2, 0.25) is 0 Å². The summed E-state index contributed by atoms with van der Waals surface area (Å²) in [6.07, 6.45) is 10.3. The molecule has 0 radical (unpaired) electrons. The van der Waals surface area contributed by atoms with Crippen LogP contribution >= 0.6 is 12.6 Å². The van der Waals surface area contributed by atoms with Gasteiger partial charge in [0.05, 0.1) is 25.9 Å². The average Bonchev–Trinajstić information content (AvgIpc) is 3.13. The Morgan fingerprint density at radius 3 is 1.25 bits per heavy atom. The Bertz CT molecular complexity index is 1170. The zero-order valence-electron chi connectivity index (χ0n) is 49.2. The molecular weight excluding hydrogens is 819 g/mol. The molecule has 0 aromatic heterocycles. The van der Waals surface area contributed by atoms with Gasteiger partial charge in [0.25, 0.3) is 0 Å². The van der Waals surface area contributed by atoms with Crippen molar-refractivity contribution >= 4 is 18.6 Å². The van der Waals surface area contributed by atoms with Gasteiger partial charge in [-0.2, -0.15) is 12.6 Å². The molecule has 3 N–H and O–H groups in total. The number of allylic oxidation sites excluding steroid dienone is 1. The molecule has 0 aliphatic heterocycles. The largest absolute Gasteiger partial charge is 0.462 e. The normalized spacial score (nSPS) is 12.0. The third-order valence-corrected chi connectivity index (χ3v) is 9.18. The van der Waals surface area contributed by atoms with Gasteiger partial charge in [-0.25, -0.2) is 4.79 Å². The fraction of sp³-hybridized carbons (Fsp3) is 0.814. The number of carbonyl (C=O) groups excluding carboxylic acids is 1. The molecule has 65 heavy (non-hydrogen) atoms. The van der Waals surface area contributed by atoms with Crippen LogP contribution in [0.15, 0.2) is 55.1 Å². The van der Waals surface area contributed by atoms with Gasteiger partial charge >= 0.3 is 5.97 Å². The maximum atomic E-state index is 10.9. The number of aliphatic hydroxyl groups excluding tert-OH is 1. The van der Waals surface area contributed by atoms with Gasteiger partial charge in [-0.3, -0.25) is 0 Å². The first-order chi connectivity index (χ1) is 28.9. The molecule has 0 aliphatic carbocycles. The second-order valence-electron chi connectivity index (χ2n) is 25.9. The average molecular weight is 941 g/mol. The lowest BCUT2D eigenvalue weighted by molar-refractivity contribution is -0.139. The van der Waals surface area contributed by atoms with E-state index < -0.39 is 0 Å². The zero-order valence-corrected chi connectivity index (χ0v) is 50.1. The molecule has 0 fully saturated rings. The summed E-state index contributed by atoms with van der Waals surface area (Å²) in [4.78, 5) is 10.9. The quantitative estimate of drug-likeness (QED) is 0.0677. The molecule has 1 unspecified atom stereocenters. The monoisotopic (exact) mass is 940 g/mol. The van der Waals surface area contributed by atoms with Crippen LogP contribution in [0.3, 0.4) is 0 Å². The Balaban J connectivity index is -0.000000121. The fourth-order valence-corrected chi connectivity index (χ4v) is 3.71. The molecule has 1 aromatic rings. The summed E-state index contributed by atoms with van der Waals surface area (Å²) in [6, 6.07) is 10.6. The van der Waals surface area contributed by atoms with Gasteiger partial charge in [0, 0.05) is 5.57 Å². The molecule has 1 aromatic carbocycles. The number of ether oxygens (including phenoxy) is 2. The summed E-state index contributed by atoms with van der Waals surface area (Å²) in [5.74, 6) is 1.57. The standard InChI is InChI=1S/C11H20O2.C10H14.C8H18O2.C7H17N.C7H16S.C6H14.C6H12.C4H10/c1-9(2)10(12)13-8-6-7-11(3,4)5;1-10(2,3)9-7-5-4-6-8-9;1-7(8(2,3)4)10-6-5-9;2*1-7(2,3)5-4-6-8;2*1-5-6(2,3)4;1-4(2)3/h1,6-8H2,2-5H3;4-8H,1-3H3;7,9H,5-6H2,1-4H3;4-6,8H2,1-3H3;8H,4-6H2,1-3H3;5H2,1-4H3;5H,1H2,2-4H3;4H,1-3H3. The minimum absolute atomic E-state index is 0.112. The Labute approximate surface area is 416 Å². The summed E-state index contributed by atoms with van der Waals surface area (Å²) < 4.78 is 10.3. The molecule has 1 atom stereocenters. The maximum Gasteiger partial charge on any atom is 0.333 e. The van der Waals surface area contributed by atoms with E-state index in [0.29, 0.717) is 51.3 Å². The highest BCUT2D eigenvalue weighted by Crippen LogP contribution is 2.23. The van der Waals surface area contributed by atoms with Crippen molar-refractivity contribution in [3.8, 4) is 0 Å². The summed E-state index contributed by atoms with van der Waals surface area (Å²) in [6.45, 7) is 67.6. The Kier molecular flexibility index (Phi) is 49.4. The van der Waals surface area contributed by atoms with E-state index in [9.17, 15) is 4.79 Å². The first-order valence-electron chi connectivity index (χ1n) is 24.9. The SMILES string of the molecule is C=C(C)C(=O)OCCCC(C)(C)C.C=CC(C)(C)C.CC(C)(C)CCCN.CC(C)(C)CCCS.CC(C)(C)c1ccccc1.CC(C)C.CC(OCCO)C(C)(C)C.CCC(C)(C)C. The van der Waals surface area contributed by atoms with Crippen molar-refractivity contribution in [1.82, 2.24) is 0 Å². The molecular formula is C59H121NO4S. The van der Waals surface area contributed by atoms with Crippen molar-refractivity contribution in [2.45, 2.75) is 243 Å². The summed E-state index contributed by atoms with van der Waals surface area (Å²) in [5, 5.41) is 8.46. The van der Waals surface area contributed by atoms with E-state index in [2.05, 4.69) is 229 Å². The van der Waals surface area contributed by atoms with Gasteiger partial charge in [-0.1, -0.05) is 223 Å². The van der Waals surface area contributed by atoms with Crippen LogP contribution in [0.4, 0.5) is 0 Å². The van der Waals surface area contributed by atoms with E-state index in [0.717, 1.165) is 37.5 Å². The lowest BCUT2D eigenvalue weighted by Gasteiger charge is -2.26. The minimum Gasteiger partial charge on any atom is -0.462 e. The van der Waals surface area contributed by atoms with Crippen LogP contribution in [0.25, 0.3) is 0 Å². The second-order valence-corrected chi connectivity index (χ2v) is 26.3. The summed E-state index contributed by atoms with van der Waals surface area (Å²) >= 11 is 4.13. The molecule has 5 nitrogen and oxygen atoms in total. The number of hydrogen-bond donors (Lipinski definition) is 3. The zero-order chi connectivity index (χ0) is 53.5. The number of aliphatic hydroxyl groups is 1. The van der Waals surface area contributed by atoms with Gasteiger partial charge in [0.2, 0.25) is 0 Å². The van der Waals surface area contributed by atoms with Gasteiger partial charge in [-0.05, 0) is 114 Å². The van der Waals surface area contributed by atoms with Crippen molar-refractivity contribution in [1.29, 1.82) is 0 Å². The van der Waals surface area contributed by atoms with E-state index in [1.54, 1.807) is 6.92 Å². The first kappa shape index (κ1) is 77.6. The number of nitrogens with two attached hydrogens (primary N) is 1. The van der Waals surface area contributed by atoms with Crippen LogP contribution in [-0.2, 0) is 19.7 Å². The van der Waals surface area contributed by atoms with Gasteiger partial charge in [0.15, 0.2) is 0 Å². The van der Waals surface area contributed by atoms with E-state index in [4.69, 9.17) is 20.3 Å². The second kappa shape index (κ2) is 41.4. The van der Waals surface area contributed by atoms with Crippen LogP contribution in [0.5, 0.6) is 0 Å². The predicted octanol–water partition coefficient (Wildman–Crippen LogP) is 18.2. The lowest BCUT2D eigenvalue weighted by atomic mass is 9.87. The van der Waals surface area contributed by atoms with Gasteiger partial charge in [-0.15, -0.1) is 6.58 Å². The van der Waals surface area contributed by atoms with E-state index in [1.165, 1.54) is 31.2 Å². The Morgan fingerprint density at radius 1 is 0.692 bits per heavy atom. The van der Waals surface area contributed by atoms with E-state index in [1.807, 2.05) is 13.0 Å². The lowest BCUT2D eigenvalue weighted by Crippen LogP contribution is -2.27. The molecule has 1 rings (SSSR count). The molecule has 0 saturated heterocycles. The number of carbonyl (C=O) groups is 1. The van der Waals surface area contributed by atoms with Crippen molar-refractivity contribution in [2.75, 3.05) is 32.1 Å². The smallest absolute Gasteiger partial charge is 0.333 e. The number of hydrogen-bond acceptors (Lipinski definition) is 6. The topological polar surface area (TPSA) is 81.8 Å². The van der Waals surface area contributed by atoms with Crippen LogP contribution in [0, 0.1) is 38.4 Å². The highest BCUT2D eigenvalue weighted by atomic mass is 32.1. The molecule has 0 spiro atoms.